The van der Waals surface area contributed by atoms with E-state index in [2.05, 4.69) is 51.2 Å². The maximum atomic E-state index is 3.60. The highest BCUT2D eigenvalue weighted by atomic mass is 79.9. The van der Waals surface area contributed by atoms with Crippen LogP contribution in [0.25, 0.3) is 0 Å². The van der Waals surface area contributed by atoms with Crippen molar-refractivity contribution in [3.63, 3.8) is 0 Å². The van der Waals surface area contributed by atoms with Gasteiger partial charge in [-0.3, -0.25) is 4.90 Å². The topological polar surface area (TPSA) is 3.24 Å². The lowest BCUT2D eigenvalue weighted by molar-refractivity contribution is 0.179. The van der Waals surface area contributed by atoms with Crippen molar-refractivity contribution in [3.8, 4) is 0 Å². The van der Waals surface area contributed by atoms with Gasteiger partial charge in [-0.1, -0.05) is 46.3 Å². The highest BCUT2D eigenvalue weighted by molar-refractivity contribution is 9.09. The number of hydrogen-bond acceptors (Lipinski definition) is 1. The molecule has 1 heterocycles. The van der Waals surface area contributed by atoms with Crippen LogP contribution in [0.5, 0.6) is 0 Å². The van der Waals surface area contributed by atoms with Crippen LogP contribution in [0.15, 0.2) is 30.3 Å². The fourth-order valence-electron chi connectivity index (χ4n) is 2.26. The van der Waals surface area contributed by atoms with Gasteiger partial charge in [-0.25, -0.2) is 0 Å². The third-order valence-electron chi connectivity index (χ3n) is 3.07. The number of alkyl halides is 1. The Labute approximate surface area is 101 Å². The van der Waals surface area contributed by atoms with Crippen LogP contribution in [0, 0.1) is 5.92 Å². The fraction of sp³-hybridized carbons (Fsp3) is 0.538. The standard InChI is InChI=1S/C13H18BrN/c14-9-13-7-4-8-15(11-13)10-12-5-2-1-3-6-12/h1-3,5-6,13H,4,7-11H2. The summed E-state index contributed by atoms with van der Waals surface area (Å²) in [5.41, 5.74) is 1.44. The second-order valence-corrected chi connectivity index (χ2v) is 5.03. The molecule has 1 fully saturated rings. The normalized spacial score (nSPS) is 22.9. The largest absolute Gasteiger partial charge is 0.299 e. The van der Waals surface area contributed by atoms with Crippen LogP contribution in [0.4, 0.5) is 0 Å². The van der Waals surface area contributed by atoms with E-state index in [1.54, 1.807) is 0 Å². The smallest absolute Gasteiger partial charge is 0.0233 e. The molecule has 82 valence electrons. The molecule has 15 heavy (non-hydrogen) atoms. The van der Waals surface area contributed by atoms with E-state index in [4.69, 9.17) is 0 Å². The van der Waals surface area contributed by atoms with Gasteiger partial charge < -0.3 is 0 Å². The van der Waals surface area contributed by atoms with Gasteiger partial charge in [0.05, 0.1) is 0 Å². The summed E-state index contributed by atoms with van der Waals surface area (Å²) in [4.78, 5) is 2.57. The van der Waals surface area contributed by atoms with Crippen LogP contribution in [0.2, 0.25) is 0 Å². The molecule has 1 aromatic carbocycles. The average Bonchev–Trinajstić information content (AvgIpc) is 2.31. The van der Waals surface area contributed by atoms with E-state index in [1.807, 2.05) is 0 Å². The zero-order valence-electron chi connectivity index (χ0n) is 9.03. The lowest BCUT2D eigenvalue weighted by atomic mass is 10.00. The molecule has 1 aliphatic heterocycles. The summed E-state index contributed by atoms with van der Waals surface area (Å²) >= 11 is 3.60. The molecule has 1 aromatic rings. The van der Waals surface area contributed by atoms with Crippen molar-refractivity contribution in [2.75, 3.05) is 18.4 Å². The summed E-state index contributed by atoms with van der Waals surface area (Å²) in [6, 6.07) is 10.8. The minimum absolute atomic E-state index is 0.850. The molecular weight excluding hydrogens is 250 g/mol. The number of rotatable bonds is 3. The zero-order chi connectivity index (χ0) is 10.5. The Hall–Kier alpha value is -0.340. The summed E-state index contributed by atoms with van der Waals surface area (Å²) in [5.74, 6) is 0.850. The number of piperidine rings is 1. The lowest BCUT2D eigenvalue weighted by Gasteiger charge is -2.31. The van der Waals surface area contributed by atoms with Gasteiger partial charge in [0, 0.05) is 18.4 Å². The van der Waals surface area contributed by atoms with Crippen LogP contribution in [-0.4, -0.2) is 23.3 Å². The first-order valence-electron chi connectivity index (χ1n) is 5.70. The van der Waals surface area contributed by atoms with Crippen LogP contribution in [0.1, 0.15) is 18.4 Å². The van der Waals surface area contributed by atoms with Gasteiger partial charge in [0.15, 0.2) is 0 Å². The van der Waals surface area contributed by atoms with Gasteiger partial charge in [-0.05, 0) is 30.9 Å². The fourth-order valence-corrected chi connectivity index (χ4v) is 2.79. The summed E-state index contributed by atoms with van der Waals surface area (Å²) in [6.07, 6.45) is 2.74. The summed E-state index contributed by atoms with van der Waals surface area (Å²) < 4.78 is 0. The summed E-state index contributed by atoms with van der Waals surface area (Å²) in [6.45, 7) is 3.63. The Morgan fingerprint density at radius 2 is 2.07 bits per heavy atom. The molecule has 1 saturated heterocycles. The van der Waals surface area contributed by atoms with Crippen molar-refractivity contribution in [2.24, 2.45) is 5.92 Å². The number of nitrogens with zero attached hydrogens (tertiary/aromatic N) is 1. The van der Waals surface area contributed by atoms with E-state index in [9.17, 15) is 0 Å². The molecule has 0 amide bonds. The van der Waals surface area contributed by atoms with E-state index in [-0.39, 0.29) is 0 Å². The first kappa shape index (κ1) is 11.2. The van der Waals surface area contributed by atoms with E-state index in [1.165, 1.54) is 31.5 Å². The number of hydrogen-bond donors (Lipinski definition) is 0. The van der Waals surface area contributed by atoms with Gasteiger partial charge in [0.2, 0.25) is 0 Å². The van der Waals surface area contributed by atoms with E-state index >= 15 is 0 Å². The van der Waals surface area contributed by atoms with E-state index in [0.29, 0.717) is 0 Å². The Morgan fingerprint density at radius 3 is 2.80 bits per heavy atom. The molecule has 0 N–H and O–H groups in total. The second-order valence-electron chi connectivity index (χ2n) is 4.38. The van der Waals surface area contributed by atoms with Crippen LogP contribution < -0.4 is 0 Å². The molecule has 0 aliphatic carbocycles. The molecule has 0 aromatic heterocycles. The Bertz CT molecular complexity index is 286. The first-order valence-corrected chi connectivity index (χ1v) is 6.83. The van der Waals surface area contributed by atoms with Crippen molar-refractivity contribution in [1.29, 1.82) is 0 Å². The molecule has 1 aliphatic rings. The number of likely N-dealkylation sites (tertiary alicyclic amines) is 1. The first-order chi connectivity index (χ1) is 7.38. The van der Waals surface area contributed by atoms with Crippen LogP contribution >= 0.6 is 15.9 Å². The van der Waals surface area contributed by atoms with Gasteiger partial charge >= 0.3 is 0 Å². The molecule has 0 radical (unpaired) electrons. The van der Waals surface area contributed by atoms with Crippen molar-refractivity contribution < 1.29 is 0 Å². The van der Waals surface area contributed by atoms with E-state index < -0.39 is 0 Å². The van der Waals surface area contributed by atoms with Crippen molar-refractivity contribution in [2.45, 2.75) is 19.4 Å². The molecular formula is C13H18BrN. The minimum atomic E-state index is 0.850. The highest BCUT2D eigenvalue weighted by Crippen LogP contribution is 2.19. The monoisotopic (exact) mass is 267 g/mol. The van der Waals surface area contributed by atoms with Gasteiger partial charge in [-0.2, -0.15) is 0 Å². The quantitative estimate of drug-likeness (QED) is 0.760. The SMILES string of the molecule is BrCC1CCCN(Cc2ccccc2)C1. The molecule has 1 unspecified atom stereocenters. The molecule has 0 spiro atoms. The zero-order valence-corrected chi connectivity index (χ0v) is 10.6. The maximum Gasteiger partial charge on any atom is 0.0233 e. The molecule has 2 rings (SSSR count). The predicted octanol–water partition coefficient (Wildman–Crippen LogP) is 3.29. The van der Waals surface area contributed by atoms with Gasteiger partial charge in [0.1, 0.15) is 0 Å². The summed E-state index contributed by atoms with van der Waals surface area (Å²) in [7, 11) is 0. The highest BCUT2D eigenvalue weighted by Gasteiger charge is 2.18. The third kappa shape index (κ3) is 3.32. The molecule has 1 atom stereocenters. The molecule has 1 nitrogen and oxygen atoms in total. The van der Waals surface area contributed by atoms with Gasteiger partial charge in [-0.15, -0.1) is 0 Å². The predicted molar refractivity (Wildman–Crippen MR) is 68.2 cm³/mol. The molecule has 0 saturated carbocycles. The van der Waals surface area contributed by atoms with Crippen molar-refractivity contribution >= 4 is 15.9 Å². The lowest BCUT2D eigenvalue weighted by Crippen LogP contribution is -2.35. The summed E-state index contributed by atoms with van der Waals surface area (Å²) in [5, 5.41) is 1.15. The molecule has 0 bridgehead atoms. The minimum Gasteiger partial charge on any atom is -0.299 e. The molecule has 2 heteroatoms. The van der Waals surface area contributed by atoms with E-state index in [0.717, 1.165) is 17.8 Å². The Kier molecular flexibility index (Phi) is 4.21. The number of halogens is 1. The van der Waals surface area contributed by atoms with Crippen molar-refractivity contribution in [3.05, 3.63) is 35.9 Å². The van der Waals surface area contributed by atoms with Crippen LogP contribution in [0.3, 0.4) is 0 Å². The van der Waals surface area contributed by atoms with Gasteiger partial charge in [0.25, 0.3) is 0 Å². The third-order valence-corrected chi connectivity index (χ3v) is 3.99. The van der Waals surface area contributed by atoms with Crippen molar-refractivity contribution in [1.82, 2.24) is 4.90 Å². The number of benzene rings is 1. The Morgan fingerprint density at radius 1 is 1.27 bits per heavy atom. The Balaban J connectivity index is 1.89. The van der Waals surface area contributed by atoms with Crippen LogP contribution in [-0.2, 0) is 6.54 Å². The maximum absolute atomic E-state index is 3.60. The average molecular weight is 268 g/mol. The second kappa shape index (κ2) is 5.66.